The quantitative estimate of drug-likeness (QED) is 0.570. The number of alkyl halides is 2. The molecule has 0 saturated heterocycles. The van der Waals surface area contributed by atoms with E-state index in [1.54, 1.807) is 38.1 Å². The van der Waals surface area contributed by atoms with Crippen LogP contribution in [0.1, 0.15) is 34.6 Å². The molecule has 0 aromatic heterocycles. The average molecular weight is 412 g/mol. The number of hydrogen-bond donors (Lipinski definition) is 2. The number of esters is 2. The fraction of sp³-hybridized carbons (Fsp3) is 0.467. The summed E-state index contributed by atoms with van der Waals surface area (Å²) in [6.07, 6.45) is 0. The molecule has 1 rings (SSSR count). The van der Waals surface area contributed by atoms with Crippen molar-refractivity contribution in [2.75, 3.05) is 31.1 Å². The Labute approximate surface area is 150 Å². The highest BCUT2D eigenvalue weighted by Crippen LogP contribution is 2.11. The van der Waals surface area contributed by atoms with Crippen LogP contribution >= 0.6 is 27.5 Å². The van der Waals surface area contributed by atoms with Gasteiger partial charge >= 0.3 is 11.9 Å². The predicted molar refractivity (Wildman–Crippen MR) is 96.1 cm³/mol. The van der Waals surface area contributed by atoms with Gasteiger partial charge in [-0.25, -0.2) is 9.59 Å². The molecule has 0 unspecified atom stereocenters. The van der Waals surface area contributed by atoms with E-state index in [4.69, 9.17) is 32.5 Å². The van der Waals surface area contributed by atoms with Crippen molar-refractivity contribution < 1.29 is 19.1 Å². The molecular formula is C15H24BrClN2O4. The van der Waals surface area contributed by atoms with Gasteiger partial charge in [-0.05, 0) is 26.0 Å². The molecule has 132 valence electrons. The number of ether oxygens (including phenoxy) is 2. The number of benzene rings is 1. The van der Waals surface area contributed by atoms with Crippen LogP contribution < -0.4 is 11.5 Å². The summed E-state index contributed by atoms with van der Waals surface area (Å²) in [5, 5.41) is 0. The minimum atomic E-state index is -0.508. The van der Waals surface area contributed by atoms with E-state index in [0.717, 1.165) is 0 Å². The van der Waals surface area contributed by atoms with Crippen molar-refractivity contribution in [1.82, 2.24) is 0 Å². The van der Waals surface area contributed by atoms with E-state index >= 15 is 0 Å². The van der Waals surface area contributed by atoms with Crippen molar-refractivity contribution in [2.45, 2.75) is 13.8 Å². The highest BCUT2D eigenvalue weighted by molar-refractivity contribution is 9.09. The third-order valence-electron chi connectivity index (χ3n) is 2.08. The molecule has 8 heteroatoms. The second-order valence-electron chi connectivity index (χ2n) is 3.66. The molecule has 0 aliphatic heterocycles. The van der Waals surface area contributed by atoms with Gasteiger partial charge in [0.2, 0.25) is 0 Å². The van der Waals surface area contributed by atoms with Crippen LogP contribution in [0.4, 0.5) is 0 Å². The Balaban J connectivity index is 0. The first-order chi connectivity index (χ1) is 11.0. The Morgan fingerprint density at radius 3 is 1.52 bits per heavy atom. The average Bonchev–Trinajstić information content (AvgIpc) is 2.56. The van der Waals surface area contributed by atoms with Crippen molar-refractivity contribution in [3.63, 3.8) is 0 Å². The largest absolute Gasteiger partial charge is 0.462 e. The number of halogens is 2. The van der Waals surface area contributed by atoms with Gasteiger partial charge in [0.05, 0.1) is 29.1 Å². The summed E-state index contributed by atoms with van der Waals surface area (Å²) in [5.41, 5.74) is 10.3. The second-order valence-corrected chi connectivity index (χ2v) is 5.14. The van der Waals surface area contributed by atoms with Crippen LogP contribution in [0.15, 0.2) is 24.3 Å². The molecule has 0 atom stereocenters. The summed E-state index contributed by atoms with van der Waals surface area (Å²) >= 11 is 7.83. The van der Waals surface area contributed by atoms with Crippen molar-refractivity contribution in [2.24, 2.45) is 11.5 Å². The van der Waals surface area contributed by atoms with Crippen molar-refractivity contribution in [1.29, 1.82) is 0 Å². The Bertz CT molecular complexity index is 408. The van der Waals surface area contributed by atoms with Gasteiger partial charge in [0.1, 0.15) is 0 Å². The molecule has 0 radical (unpaired) electrons. The summed E-state index contributed by atoms with van der Waals surface area (Å²) < 4.78 is 9.70. The summed E-state index contributed by atoms with van der Waals surface area (Å²) in [4.78, 5) is 23.6. The molecular weight excluding hydrogens is 388 g/mol. The maximum Gasteiger partial charge on any atom is 0.338 e. The lowest BCUT2D eigenvalue weighted by Gasteiger charge is -2.07. The van der Waals surface area contributed by atoms with Crippen LogP contribution in [0, 0.1) is 0 Å². The third kappa shape index (κ3) is 12.0. The molecule has 0 aliphatic rings. The van der Waals surface area contributed by atoms with Crippen LogP contribution in [0.3, 0.4) is 0 Å². The Hall–Kier alpha value is -1.15. The first-order valence-corrected chi connectivity index (χ1v) is 8.64. The Kier molecular flexibility index (Phi) is 18.0. The molecule has 0 spiro atoms. The number of carbonyl (C=O) groups excluding carboxylic acids is 2. The van der Waals surface area contributed by atoms with E-state index in [2.05, 4.69) is 15.9 Å². The summed E-state index contributed by atoms with van der Waals surface area (Å²) in [6, 6.07) is 6.44. The van der Waals surface area contributed by atoms with Gasteiger partial charge in [-0.15, -0.1) is 11.6 Å². The lowest BCUT2D eigenvalue weighted by molar-refractivity contribution is 0.0479. The standard InChI is InChI=1S/C12H14O4.C2H8N2.CH2BrCl/c1-3-15-11(13)9-7-5-6-8-10(9)12(14)16-4-2;3-1-2-4;2-1-3/h5-8H,3-4H2,1-2H3;1-4H2;1H2. The van der Waals surface area contributed by atoms with E-state index < -0.39 is 11.9 Å². The number of rotatable bonds is 5. The molecule has 1 aromatic carbocycles. The maximum absolute atomic E-state index is 11.5. The SMILES string of the molecule is CCOC(=O)c1ccccc1C(=O)OCC.ClCBr.NCCN. The van der Waals surface area contributed by atoms with Gasteiger partial charge in [-0.3, -0.25) is 0 Å². The van der Waals surface area contributed by atoms with Crippen molar-refractivity contribution in [3.05, 3.63) is 35.4 Å². The van der Waals surface area contributed by atoms with Gasteiger partial charge in [0.25, 0.3) is 0 Å². The van der Waals surface area contributed by atoms with Crippen LogP contribution in [0.2, 0.25) is 0 Å². The van der Waals surface area contributed by atoms with Crippen molar-refractivity contribution in [3.8, 4) is 0 Å². The number of nitrogens with two attached hydrogens (primary N) is 2. The predicted octanol–water partition coefficient (Wildman–Crippen LogP) is 2.52. The highest BCUT2D eigenvalue weighted by atomic mass is 79.9. The lowest BCUT2D eigenvalue weighted by Crippen LogP contribution is -2.13. The molecule has 0 amide bonds. The van der Waals surface area contributed by atoms with E-state index in [1.165, 1.54) is 0 Å². The van der Waals surface area contributed by atoms with Crippen LogP contribution in [0.5, 0.6) is 0 Å². The van der Waals surface area contributed by atoms with Gasteiger partial charge in [0.15, 0.2) is 0 Å². The minimum Gasteiger partial charge on any atom is -0.462 e. The van der Waals surface area contributed by atoms with Gasteiger partial charge < -0.3 is 20.9 Å². The third-order valence-corrected chi connectivity index (χ3v) is 2.08. The molecule has 0 heterocycles. The van der Waals surface area contributed by atoms with E-state index in [0.29, 0.717) is 17.9 Å². The van der Waals surface area contributed by atoms with Gasteiger partial charge in [0, 0.05) is 13.1 Å². The first kappa shape index (κ1) is 24.1. The fourth-order valence-electron chi connectivity index (χ4n) is 1.26. The fourth-order valence-corrected chi connectivity index (χ4v) is 1.26. The monoisotopic (exact) mass is 410 g/mol. The highest BCUT2D eigenvalue weighted by Gasteiger charge is 2.17. The zero-order valence-electron chi connectivity index (χ0n) is 13.4. The Morgan fingerprint density at radius 1 is 1.00 bits per heavy atom. The lowest BCUT2D eigenvalue weighted by atomic mass is 10.1. The summed E-state index contributed by atoms with van der Waals surface area (Å²) in [6.45, 7) is 5.17. The normalized spacial score (nSPS) is 8.78. The molecule has 1 aromatic rings. The van der Waals surface area contributed by atoms with Crippen LogP contribution in [-0.4, -0.2) is 43.0 Å². The molecule has 4 N–H and O–H groups in total. The zero-order valence-corrected chi connectivity index (χ0v) is 15.7. The Morgan fingerprint density at radius 2 is 1.30 bits per heavy atom. The van der Waals surface area contributed by atoms with Crippen LogP contribution in [0.25, 0.3) is 0 Å². The molecule has 0 bridgehead atoms. The maximum atomic E-state index is 11.5. The van der Waals surface area contributed by atoms with Gasteiger partial charge in [-0.2, -0.15) is 0 Å². The molecule has 23 heavy (non-hydrogen) atoms. The first-order valence-electron chi connectivity index (χ1n) is 6.99. The smallest absolute Gasteiger partial charge is 0.338 e. The van der Waals surface area contributed by atoms with Gasteiger partial charge in [-0.1, -0.05) is 28.1 Å². The van der Waals surface area contributed by atoms with Crippen LogP contribution in [-0.2, 0) is 9.47 Å². The topological polar surface area (TPSA) is 105 Å². The summed E-state index contributed by atoms with van der Waals surface area (Å²) in [7, 11) is 0. The number of hydrogen-bond acceptors (Lipinski definition) is 6. The van der Waals surface area contributed by atoms with E-state index in [1.807, 2.05) is 0 Å². The zero-order chi connectivity index (χ0) is 18.1. The molecule has 0 fully saturated rings. The van der Waals surface area contributed by atoms with E-state index in [9.17, 15) is 9.59 Å². The molecule has 0 saturated carbocycles. The second kappa shape index (κ2) is 17.2. The minimum absolute atomic E-state index is 0.239. The number of carbonyl (C=O) groups is 2. The van der Waals surface area contributed by atoms with Crippen molar-refractivity contribution >= 4 is 39.5 Å². The molecule has 0 aliphatic carbocycles. The summed E-state index contributed by atoms with van der Waals surface area (Å²) in [5.74, 6) is -1.02. The van der Waals surface area contributed by atoms with E-state index in [-0.39, 0.29) is 24.3 Å². The molecule has 6 nitrogen and oxygen atoms in total.